The largest absolute Gasteiger partial charge is 0.497 e. The second-order valence-electron chi connectivity index (χ2n) is 5.38. The van der Waals surface area contributed by atoms with E-state index in [1.807, 2.05) is 0 Å². The van der Waals surface area contributed by atoms with Gasteiger partial charge in [0.05, 0.1) is 25.7 Å². The van der Waals surface area contributed by atoms with Crippen LogP contribution < -0.4 is 4.74 Å². The van der Waals surface area contributed by atoms with E-state index in [0.717, 1.165) is 4.68 Å². The molecular formula is C18H15F3N2O4. The summed E-state index contributed by atoms with van der Waals surface area (Å²) in [5.74, 6) is -0.556. The fourth-order valence-corrected chi connectivity index (χ4v) is 2.56. The molecule has 2 heterocycles. The zero-order valence-electron chi connectivity index (χ0n) is 14.4. The molecule has 3 rings (SSSR count). The minimum absolute atomic E-state index is 0.0527. The lowest BCUT2D eigenvalue weighted by Crippen LogP contribution is -2.14. The standard InChI is InChI=1S/C18H15F3N2O4/c1-3-26-17(24)14-15(13-5-4-10-27-13)23(22-16(14)18(19,20)21)11-6-8-12(25-2)9-7-11/h4-10H,3H2,1-2H3. The van der Waals surface area contributed by atoms with Gasteiger partial charge in [-0.25, -0.2) is 9.48 Å². The van der Waals surface area contributed by atoms with Crippen molar-refractivity contribution >= 4 is 5.97 Å². The number of nitrogens with zero attached hydrogens (tertiary/aromatic N) is 2. The Morgan fingerprint density at radius 1 is 1.22 bits per heavy atom. The molecule has 27 heavy (non-hydrogen) atoms. The Hall–Kier alpha value is -3.23. The third-order valence-electron chi connectivity index (χ3n) is 3.71. The fraction of sp³-hybridized carbons (Fsp3) is 0.222. The van der Waals surface area contributed by atoms with Gasteiger partial charge in [-0.15, -0.1) is 0 Å². The number of carbonyl (C=O) groups is 1. The minimum atomic E-state index is -4.86. The number of alkyl halides is 3. The van der Waals surface area contributed by atoms with E-state index < -0.39 is 23.4 Å². The van der Waals surface area contributed by atoms with Crippen LogP contribution >= 0.6 is 0 Å². The van der Waals surface area contributed by atoms with Crippen molar-refractivity contribution < 1.29 is 31.9 Å². The molecule has 9 heteroatoms. The van der Waals surface area contributed by atoms with Gasteiger partial charge in [0.15, 0.2) is 11.5 Å². The number of benzene rings is 1. The van der Waals surface area contributed by atoms with Crippen molar-refractivity contribution in [1.82, 2.24) is 9.78 Å². The van der Waals surface area contributed by atoms with Gasteiger partial charge in [-0.1, -0.05) is 0 Å². The Kier molecular flexibility index (Phi) is 4.93. The molecule has 0 saturated carbocycles. The second-order valence-corrected chi connectivity index (χ2v) is 5.38. The number of methoxy groups -OCH3 is 1. The Bertz CT molecular complexity index is 929. The van der Waals surface area contributed by atoms with Crippen LogP contribution in [-0.4, -0.2) is 29.5 Å². The van der Waals surface area contributed by atoms with Crippen LogP contribution in [-0.2, 0) is 10.9 Å². The van der Waals surface area contributed by atoms with Gasteiger partial charge >= 0.3 is 12.1 Å². The number of esters is 1. The first kappa shape index (κ1) is 18.6. The summed E-state index contributed by atoms with van der Waals surface area (Å²) in [5.41, 5.74) is -1.89. The van der Waals surface area contributed by atoms with Crippen molar-refractivity contribution in [3.05, 3.63) is 53.9 Å². The van der Waals surface area contributed by atoms with Crippen LogP contribution in [0.4, 0.5) is 13.2 Å². The van der Waals surface area contributed by atoms with Gasteiger partial charge in [-0.2, -0.15) is 18.3 Å². The molecule has 0 N–H and O–H groups in total. The van der Waals surface area contributed by atoms with E-state index in [1.165, 1.54) is 44.6 Å². The highest BCUT2D eigenvalue weighted by atomic mass is 19.4. The summed E-state index contributed by atoms with van der Waals surface area (Å²) in [6, 6.07) is 9.13. The van der Waals surface area contributed by atoms with Crippen molar-refractivity contribution in [2.24, 2.45) is 0 Å². The van der Waals surface area contributed by atoms with Crippen LogP contribution in [0.15, 0.2) is 47.1 Å². The molecule has 0 aliphatic heterocycles. The summed E-state index contributed by atoms with van der Waals surface area (Å²) < 4.78 is 56.9. The van der Waals surface area contributed by atoms with E-state index in [-0.39, 0.29) is 18.1 Å². The highest BCUT2D eigenvalue weighted by Crippen LogP contribution is 2.38. The summed E-state index contributed by atoms with van der Waals surface area (Å²) in [7, 11) is 1.47. The van der Waals surface area contributed by atoms with Crippen molar-refractivity contribution in [2.75, 3.05) is 13.7 Å². The number of rotatable bonds is 5. The molecule has 0 radical (unpaired) electrons. The number of hydrogen-bond donors (Lipinski definition) is 0. The lowest BCUT2D eigenvalue weighted by atomic mass is 10.1. The maximum atomic E-state index is 13.6. The number of aromatic nitrogens is 2. The number of hydrogen-bond acceptors (Lipinski definition) is 5. The number of carbonyl (C=O) groups excluding carboxylic acids is 1. The zero-order chi connectivity index (χ0) is 19.6. The van der Waals surface area contributed by atoms with Gasteiger partial charge < -0.3 is 13.9 Å². The molecule has 3 aromatic rings. The number of halogens is 3. The number of furan rings is 1. The Morgan fingerprint density at radius 3 is 2.44 bits per heavy atom. The molecule has 0 unspecified atom stereocenters. The monoisotopic (exact) mass is 380 g/mol. The molecule has 1 aromatic carbocycles. The smallest absolute Gasteiger partial charge is 0.436 e. The maximum Gasteiger partial charge on any atom is 0.436 e. The SMILES string of the molecule is CCOC(=O)c1c(C(F)(F)F)nn(-c2ccc(OC)cc2)c1-c1ccco1. The first-order chi connectivity index (χ1) is 12.9. The second kappa shape index (κ2) is 7.18. The summed E-state index contributed by atoms with van der Waals surface area (Å²) in [6.07, 6.45) is -3.57. The van der Waals surface area contributed by atoms with Gasteiger partial charge in [0, 0.05) is 0 Å². The Balaban J connectivity index is 2.30. The van der Waals surface area contributed by atoms with Gasteiger partial charge in [0.1, 0.15) is 17.0 Å². The third kappa shape index (κ3) is 3.53. The number of ether oxygens (including phenoxy) is 2. The zero-order valence-corrected chi connectivity index (χ0v) is 14.4. The third-order valence-corrected chi connectivity index (χ3v) is 3.71. The fourth-order valence-electron chi connectivity index (χ4n) is 2.56. The quantitative estimate of drug-likeness (QED) is 0.616. The first-order valence-electron chi connectivity index (χ1n) is 7.92. The van der Waals surface area contributed by atoms with E-state index in [4.69, 9.17) is 13.9 Å². The van der Waals surface area contributed by atoms with Crippen LogP contribution in [0.2, 0.25) is 0 Å². The van der Waals surface area contributed by atoms with Crippen molar-refractivity contribution in [3.8, 4) is 22.9 Å². The van der Waals surface area contributed by atoms with Crippen molar-refractivity contribution in [2.45, 2.75) is 13.1 Å². The first-order valence-corrected chi connectivity index (χ1v) is 7.92. The lowest BCUT2D eigenvalue weighted by molar-refractivity contribution is -0.141. The molecule has 0 fully saturated rings. The summed E-state index contributed by atoms with van der Waals surface area (Å²) in [5, 5.41) is 3.66. The predicted octanol–water partition coefficient (Wildman–Crippen LogP) is 4.34. The molecule has 0 aliphatic carbocycles. The highest BCUT2D eigenvalue weighted by molar-refractivity contribution is 5.97. The molecule has 0 aliphatic rings. The van der Waals surface area contributed by atoms with Crippen LogP contribution in [0, 0.1) is 0 Å². The normalized spacial score (nSPS) is 11.4. The topological polar surface area (TPSA) is 66.5 Å². The van der Waals surface area contributed by atoms with Gasteiger partial charge in [0.2, 0.25) is 0 Å². The molecule has 2 aromatic heterocycles. The minimum Gasteiger partial charge on any atom is -0.497 e. The summed E-state index contributed by atoms with van der Waals surface area (Å²) in [4.78, 5) is 12.3. The van der Waals surface area contributed by atoms with Crippen molar-refractivity contribution in [3.63, 3.8) is 0 Å². The molecule has 142 valence electrons. The molecule has 0 saturated heterocycles. The van der Waals surface area contributed by atoms with E-state index in [0.29, 0.717) is 11.4 Å². The predicted molar refractivity (Wildman–Crippen MR) is 88.8 cm³/mol. The molecule has 0 spiro atoms. The average molecular weight is 380 g/mol. The Morgan fingerprint density at radius 2 is 1.93 bits per heavy atom. The van der Waals surface area contributed by atoms with Crippen LogP contribution in [0.3, 0.4) is 0 Å². The average Bonchev–Trinajstić information content (AvgIpc) is 3.28. The molecule has 6 nitrogen and oxygen atoms in total. The van der Waals surface area contributed by atoms with Gasteiger partial charge in [-0.3, -0.25) is 0 Å². The van der Waals surface area contributed by atoms with E-state index >= 15 is 0 Å². The van der Waals surface area contributed by atoms with Crippen molar-refractivity contribution in [1.29, 1.82) is 0 Å². The molecular weight excluding hydrogens is 365 g/mol. The lowest BCUT2D eigenvalue weighted by Gasteiger charge is -2.08. The Labute approximate surface area is 152 Å². The molecule has 0 atom stereocenters. The van der Waals surface area contributed by atoms with E-state index in [1.54, 1.807) is 12.1 Å². The van der Waals surface area contributed by atoms with Crippen LogP contribution in [0.1, 0.15) is 23.0 Å². The maximum absolute atomic E-state index is 13.6. The summed E-state index contributed by atoms with van der Waals surface area (Å²) in [6.45, 7) is 1.42. The molecule has 0 bridgehead atoms. The van der Waals surface area contributed by atoms with Gasteiger partial charge in [0.25, 0.3) is 0 Å². The van der Waals surface area contributed by atoms with Crippen LogP contribution in [0.5, 0.6) is 5.75 Å². The van der Waals surface area contributed by atoms with Crippen LogP contribution in [0.25, 0.3) is 17.1 Å². The van der Waals surface area contributed by atoms with E-state index in [9.17, 15) is 18.0 Å². The van der Waals surface area contributed by atoms with Gasteiger partial charge in [-0.05, 0) is 43.3 Å². The highest BCUT2D eigenvalue weighted by Gasteiger charge is 2.43. The summed E-state index contributed by atoms with van der Waals surface area (Å²) >= 11 is 0. The molecule has 0 amide bonds. The van der Waals surface area contributed by atoms with E-state index in [2.05, 4.69) is 5.10 Å².